The van der Waals surface area contributed by atoms with Gasteiger partial charge in [0, 0.05) is 13.2 Å². The fourth-order valence-corrected chi connectivity index (χ4v) is 3.22. The number of aryl methyl sites for hydroxylation is 1. The highest BCUT2D eigenvalue weighted by atomic mass is 32.2. The summed E-state index contributed by atoms with van der Waals surface area (Å²) in [5.41, 5.74) is 1.65. The van der Waals surface area contributed by atoms with E-state index in [4.69, 9.17) is 5.11 Å². The Balaban J connectivity index is 2.99. The maximum atomic E-state index is 12.3. The lowest BCUT2D eigenvalue weighted by Crippen LogP contribution is -2.26. The third-order valence-electron chi connectivity index (χ3n) is 3.22. The number of benzene rings is 1. The SMILES string of the molecule is Cc1ccc(C(C)(C)C)cc1S(=O)(=O)NCCCCO. The van der Waals surface area contributed by atoms with Crippen LogP contribution in [0, 0.1) is 6.92 Å². The molecule has 0 aliphatic carbocycles. The van der Waals surface area contributed by atoms with Crippen molar-refractivity contribution in [2.24, 2.45) is 0 Å². The van der Waals surface area contributed by atoms with Crippen LogP contribution in [-0.4, -0.2) is 26.7 Å². The van der Waals surface area contributed by atoms with Crippen LogP contribution < -0.4 is 4.72 Å². The van der Waals surface area contributed by atoms with Crippen LogP contribution in [0.2, 0.25) is 0 Å². The van der Waals surface area contributed by atoms with Gasteiger partial charge in [-0.25, -0.2) is 13.1 Å². The fraction of sp³-hybridized carbons (Fsp3) is 0.600. The van der Waals surface area contributed by atoms with Gasteiger partial charge < -0.3 is 5.11 Å². The van der Waals surface area contributed by atoms with Crippen molar-refractivity contribution in [2.75, 3.05) is 13.2 Å². The van der Waals surface area contributed by atoms with Crippen molar-refractivity contribution < 1.29 is 13.5 Å². The molecule has 0 saturated heterocycles. The molecule has 114 valence electrons. The predicted molar refractivity (Wildman–Crippen MR) is 81.4 cm³/mol. The molecule has 0 amide bonds. The van der Waals surface area contributed by atoms with Crippen molar-refractivity contribution >= 4 is 10.0 Å². The van der Waals surface area contributed by atoms with E-state index in [0.29, 0.717) is 24.3 Å². The molecular weight excluding hydrogens is 274 g/mol. The lowest BCUT2D eigenvalue weighted by atomic mass is 9.87. The van der Waals surface area contributed by atoms with Gasteiger partial charge in [0.25, 0.3) is 0 Å². The summed E-state index contributed by atoms with van der Waals surface area (Å²) in [6, 6.07) is 5.58. The van der Waals surface area contributed by atoms with Gasteiger partial charge in [-0.05, 0) is 42.4 Å². The molecule has 0 atom stereocenters. The highest BCUT2D eigenvalue weighted by Gasteiger charge is 2.20. The van der Waals surface area contributed by atoms with Crippen LogP contribution >= 0.6 is 0 Å². The zero-order chi connectivity index (χ0) is 15.4. The highest BCUT2D eigenvalue weighted by molar-refractivity contribution is 7.89. The van der Waals surface area contributed by atoms with Gasteiger partial charge in [0.05, 0.1) is 4.90 Å². The van der Waals surface area contributed by atoms with Crippen LogP contribution in [0.1, 0.15) is 44.7 Å². The van der Waals surface area contributed by atoms with Crippen LogP contribution in [0.25, 0.3) is 0 Å². The number of sulfonamides is 1. The molecule has 0 fully saturated rings. The second kappa shape index (κ2) is 6.70. The minimum atomic E-state index is -3.49. The number of hydrogen-bond donors (Lipinski definition) is 2. The Morgan fingerprint density at radius 1 is 1.20 bits per heavy atom. The lowest BCUT2D eigenvalue weighted by molar-refractivity contribution is 0.285. The molecule has 0 radical (unpaired) electrons. The summed E-state index contributed by atoms with van der Waals surface area (Å²) in [4.78, 5) is 0.342. The Morgan fingerprint density at radius 2 is 1.85 bits per heavy atom. The highest BCUT2D eigenvalue weighted by Crippen LogP contribution is 2.26. The molecule has 4 nitrogen and oxygen atoms in total. The molecule has 1 rings (SSSR count). The average Bonchev–Trinajstić information content (AvgIpc) is 2.33. The first-order chi connectivity index (χ1) is 9.18. The molecule has 1 aromatic rings. The average molecular weight is 299 g/mol. The summed E-state index contributed by atoms with van der Waals surface area (Å²) in [7, 11) is -3.49. The second-order valence-corrected chi connectivity index (χ2v) is 7.79. The summed E-state index contributed by atoms with van der Waals surface area (Å²) in [5, 5.41) is 8.71. The van der Waals surface area contributed by atoms with Crippen LogP contribution in [0.3, 0.4) is 0 Å². The molecule has 0 bridgehead atoms. The summed E-state index contributed by atoms with van der Waals surface area (Å²) in [6.45, 7) is 8.41. The number of aliphatic hydroxyl groups is 1. The van der Waals surface area contributed by atoms with Crippen molar-refractivity contribution in [1.29, 1.82) is 0 Å². The first-order valence-electron chi connectivity index (χ1n) is 6.90. The largest absolute Gasteiger partial charge is 0.396 e. The molecule has 0 aromatic heterocycles. The van der Waals surface area contributed by atoms with E-state index in [-0.39, 0.29) is 12.0 Å². The number of unbranched alkanes of at least 4 members (excludes halogenated alkanes) is 1. The molecule has 0 aliphatic heterocycles. The maximum Gasteiger partial charge on any atom is 0.240 e. The molecule has 0 heterocycles. The Hall–Kier alpha value is -0.910. The standard InChI is InChI=1S/C15H25NO3S/c1-12-7-8-13(15(2,3)4)11-14(12)20(18,19)16-9-5-6-10-17/h7-8,11,16-17H,5-6,9-10H2,1-4H3. The van der Waals surface area contributed by atoms with Crippen molar-refractivity contribution in [2.45, 2.75) is 50.8 Å². The summed E-state index contributed by atoms with van der Waals surface area (Å²) in [5.74, 6) is 0. The monoisotopic (exact) mass is 299 g/mol. The molecule has 20 heavy (non-hydrogen) atoms. The molecule has 0 spiro atoms. The first-order valence-corrected chi connectivity index (χ1v) is 8.38. The van der Waals surface area contributed by atoms with E-state index >= 15 is 0 Å². The van der Waals surface area contributed by atoms with Crippen molar-refractivity contribution in [3.05, 3.63) is 29.3 Å². The Morgan fingerprint density at radius 3 is 2.40 bits per heavy atom. The molecule has 1 aromatic carbocycles. The van der Waals surface area contributed by atoms with E-state index in [0.717, 1.165) is 11.1 Å². The van der Waals surface area contributed by atoms with Gasteiger partial charge in [0.15, 0.2) is 0 Å². The fourth-order valence-electron chi connectivity index (χ4n) is 1.88. The molecule has 0 saturated carbocycles. The Bertz CT molecular complexity index is 545. The van der Waals surface area contributed by atoms with Crippen LogP contribution in [0.5, 0.6) is 0 Å². The molecule has 5 heteroatoms. The number of hydrogen-bond acceptors (Lipinski definition) is 3. The van der Waals surface area contributed by atoms with Crippen LogP contribution in [0.4, 0.5) is 0 Å². The van der Waals surface area contributed by atoms with E-state index in [9.17, 15) is 8.42 Å². The predicted octanol–water partition coefficient (Wildman–Crippen LogP) is 2.34. The lowest BCUT2D eigenvalue weighted by Gasteiger charge is -2.21. The van der Waals surface area contributed by atoms with E-state index in [1.807, 2.05) is 12.1 Å². The van der Waals surface area contributed by atoms with Gasteiger partial charge in [-0.15, -0.1) is 0 Å². The van der Waals surface area contributed by atoms with Crippen molar-refractivity contribution in [3.63, 3.8) is 0 Å². The second-order valence-electron chi connectivity index (χ2n) is 6.06. The van der Waals surface area contributed by atoms with E-state index < -0.39 is 10.0 Å². The Kier molecular flexibility index (Phi) is 5.74. The van der Waals surface area contributed by atoms with E-state index in [1.165, 1.54) is 0 Å². The third kappa shape index (κ3) is 4.58. The zero-order valence-corrected chi connectivity index (χ0v) is 13.5. The normalized spacial score (nSPS) is 12.7. The third-order valence-corrected chi connectivity index (χ3v) is 4.82. The van der Waals surface area contributed by atoms with Gasteiger partial charge in [-0.2, -0.15) is 0 Å². The van der Waals surface area contributed by atoms with E-state index in [1.54, 1.807) is 13.0 Å². The zero-order valence-electron chi connectivity index (χ0n) is 12.7. The van der Waals surface area contributed by atoms with Crippen molar-refractivity contribution in [1.82, 2.24) is 4.72 Å². The molecule has 0 unspecified atom stereocenters. The number of rotatable bonds is 6. The van der Waals surface area contributed by atoms with Gasteiger partial charge >= 0.3 is 0 Å². The number of nitrogens with one attached hydrogen (secondary N) is 1. The van der Waals surface area contributed by atoms with Gasteiger partial charge in [0.2, 0.25) is 10.0 Å². The topological polar surface area (TPSA) is 66.4 Å². The van der Waals surface area contributed by atoms with E-state index in [2.05, 4.69) is 25.5 Å². The molecular formula is C15H25NO3S. The quantitative estimate of drug-likeness (QED) is 0.792. The first kappa shape index (κ1) is 17.1. The van der Waals surface area contributed by atoms with Crippen LogP contribution in [0.15, 0.2) is 23.1 Å². The minimum Gasteiger partial charge on any atom is -0.396 e. The summed E-state index contributed by atoms with van der Waals surface area (Å²) >= 11 is 0. The molecule has 0 aliphatic rings. The summed E-state index contributed by atoms with van der Waals surface area (Å²) < 4.78 is 27.2. The smallest absolute Gasteiger partial charge is 0.240 e. The molecule has 2 N–H and O–H groups in total. The minimum absolute atomic E-state index is 0.0836. The summed E-state index contributed by atoms with van der Waals surface area (Å²) in [6.07, 6.45) is 1.23. The van der Waals surface area contributed by atoms with Gasteiger partial charge in [0.1, 0.15) is 0 Å². The number of aliphatic hydroxyl groups excluding tert-OH is 1. The van der Waals surface area contributed by atoms with Gasteiger partial charge in [-0.3, -0.25) is 0 Å². The van der Waals surface area contributed by atoms with Crippen molar-refractivity contribution in [3.8, 4) is 0 Å². The Labute approximate surface area is 122 Å². The van der Waals surface area contributed by atoms with Crippen LogP contribution in [-0.2, 0) is 15.4 Å². The maximum absolute atomic E-state index is 12.3. The van der Waals surface area contributed by atoms with Gasteiger partial charge in [-0.1, -0.05) is 32.9 Å².